The summed E-state index contributed by atoms with van der Waals surface area (Å²) in [6.07, 6.45) is 3.25. The number of hydrogen-bond acceptors (Lipinski definition) is 5. The van der Waals surface area contributed by atoms with Crippen LogP contribution in [0.1, 0.15) is 45.9 Å². The first-order valence-corrected chi connectivity index (χ1v) is 9.40. The number of rotatable bonds is 4. The molecular formula is C19H29FN4O2. The lowest BCUT2D eigenvalue weighted by Crippen LogP contribution is -2.49. The van der Waals surface area contributed by atoms with Crippen LogP contribution in [-0.2, 0) is 14.9 Å². The minimum absolute atomic E-state index is 0.0766. The number of nitrogens with zero attached hydrogens (tertiary/aromatic N) is 3. The molecule has 0 radical (unpaired) electrons. The van der Waals surface area contributed by atoms with Crippen molar-refractivity contribution >= 4 is 11.7 Å². The van der Waals surface area contributed by atoms with Crippen molar-refractivity contribution in [1.82, 2.24) is 15.3 Å². The van der Waals surface area contributed by atoms with Crippen molar-refractivity contribution in [3.63, 3.8) is 0 Å². The van der Waals surface area contributed by atoms with Crippen molar-refractivity contribution in [2.75, 3.05) is 37.7 Å². The first kappa shape index (κ1) is 19.0. The molecule has 1 N–H and O–H groups in total. The zero-order valence-electron chi connectivity index (χ0n) is 15.9. The van der Waals surface area contributed by atoms with Crippen LogP contribution in [-0.4, -0.2) is 54.4 Å². The number of nitrogens with one attached hydrogen (secondary N) is 1. The lowest BCUT2D eigenvalue weighted by molar-refractivity contribution is -0.125. The smallest absolute Gasteiger partial charge is 0.225 e. The molecule has 0 bridgehead atoms. The lowest BCUT2D eigenvalue weighted by Gasteiger charge is -2.37. The van der Waals surface area contributed by atoms with Crippen LogP contribution in [0.4, 0.5) is 10.2 Å². The van der Waals surface area contributed by atoms with Crippen molar-refractivity contribution in [3.05, 3.63) is 18.1 Å². The van der Waals surface area contributed by atoms with Gasteiger partial charge in [-0.3, -0.25) is 4.79 Å². The Morgan fingerprint density at radius 1 is 1.42 bits per heavy atom. The lowest BCUT2D eigenvalue weighted by atomic mass is 9.92. The summed E-state index contributed by atoms with van der Waals surface area (Å²) in [5.41, 5.74) is -1.48. The summed E-state index contributed by atoms with van der Waals surface area (Å²) in [6, 6.07) is 1.88. The van der Waals surface area contributed by atoms with Gasteiger partial charge >= 0.3 is 0 Å². The van der Waals surface area contributed by atoms with Gasteiger partial charge in [-0.05, 0) is 12.5 Å². The first-order valence-electron chi connectivity index (χ1n) is 9.40. The van der Waals surface area contributed by atoms with Crippen molar-refractivity contribution in [1.29, 1.82) is 0 Å². The number of carbonyl (C=O) groups excluding carboxylic acids is 1. The van der Waals surface area contributed by atoms with E-state index in [1.165, 1.54) is 0 Å². The highest BCUT2D eigenvalue weighted by atomic mass is 19.1. The highest BCUT2D eigenvalue weighted by Crippen LogP contribution is 2.29. The molecule has 1 atom stereocenters. The van der Waals surface area contributed by atoms with Gasteiger partial charge in [0.05, 0.1) is 19.1 Å². The Bertz CT molecular complexity index is 633. The van der Waals surface area contributed by atoms with Gasteiger partial charge in [0.15, 0.2) is 0 Å². The molecule has 0 aromatic carbocycles. The Labute approximate surface area is 154 Å². The second kappa shape index (κ2) is 7.47. The summed E-state index contributed by atoms with van der Waals surface area (Å²) < 4.78 is 20.3. The molecule has 26 heavy (non-hydrogen) atoms. The average molecular weight is 364 g/mol. The quantitative estimate of drug-likeness (QED) is 0.887. The fourth-order valence-electron chi connectivity index (χ4n) is 3.33. The maximum Gasteiger partial charge on any atom is 0.225 e. The number of ether oxygens (including phenoxy) is 1. The molecule has 1 amide bonds. The molecule has 3 rings (SSSR count). The second-order valence-corrected chi connectivity index (χ2v) is 8.40. The van der Waals surface area contributed by atoms with Crippen molar-refractivity contribution < 1.29 is 13.9 Å². The number of halogens is 1. The van der Waals surface area contributed by atoms with E-state index in [9.17, 15) is 4.79 Å². The molecule has 6 nitrogen and oxygen atoms in total. The number of carbonyl (C=O) groups is 1. The third kappa shape index (κ3) is 4.50. The van der Waals surface area contributed by atoms with Gasteiger partial charge in [-0.25, -0.2) is 14.4 Å². The van der Waals surface area contributed by atoms with Crippen molar-refractivity contribution in [2.24, 2.45) is 5.92 Å². The van der Waals surface area contributed by atoms with Gasteiger partial charge in [-0.2, -0.15) is 0 Å². The van der Waals surface area contributed by atoms with Crippen LogP contribution in [0.25, 0.3) is 0 Å². The van der Waals surface area contributed by atoms with E-state index in [0.717, 1.165) is 18.1 Å². The molecule has 2 saturated heterocycles. The number of piperidine rings is 1. The summed E-state index contributed by atoms with van der Waals surface area (Å²) >= 11 is 0. The molecule has 1 aromatic rings. The fraction of sp³-hybridized carbons (Fsp3) is 0.737. The van der Waals surface area contributed by atoms with E-state index in [2.05, 4.69) is 41.0 Å². The summed E-state index contributed by atoms with van der Waals surface area (Å²) in [4.78, 5) is 23.2. The minimum atomic E-state index is -1.36. The van der Waals surface area contributed by atoms with Crippen LogP contribution in [0, 0.1) is 5.92 Å². The van der Waals surface area contributed by atoms with Crippen LogP contribution in [0.5, 0.6) is 0 Å². The van der Waals surface area contributed by atoms with E-state index < -0.39 is 5.67 Å². The third-order valence-corrected chi connectivity index (χ3v) is 5.18. The van der Waals surface area contributed by atoms with Crippen LogP contribution >= 0.6 is 0 Å². The van der Waals surface area contributed by atoms with Gasteiger partial charge in [0.1, 0.15) is 17.3 Å². The Morgan fingerprint density at radius 3 is 2.77 bits per heavy atom. The van der Waals surface area contributed by atoms with Crippen molar-refractivity contribution in [3.8, 4) is 0 Å². The second-order valence-electron chi connectivity index (χ2n) is 8.40. The molecule has 2 aliphatic heterocycles. The predicted molar refractivity (Wildman–Crippen MR) is 98.0 cm³/mol. The van der Waals surface area contributed by atoms with Crippen molar-refractivity contribution in [2.45, 2.75) is 51.1 Å². The number of amides is 1. The number of alkyl halides is 1. The molecule has 0 aliphatic carbocycles. The van der Waals surface area contributed by atoms with E-state index in [1.807, 2.05) is 6.07 Å². The standard InChI is InChI=1S/C19H29FN4O2/c1-18(2,3)17-21-8-4-15(23-17)24-9-6-19(20,7-10-24)13-22-16(25)14-5-11-26-12-14/h4,8,14H,5-7,9-13H2,1-3H3,(H,22,25). The summed E-state index contributed by atoms with van der Waals surface area (Å²) in [5, 5.41) is 2.78. The molecule has 2 aliphatic rings. The van der Waals surface area contributed by atoms with E-state index >= 15 is 4.39 Å². The molecule has 144 valence electrons. The normalized spacial score (nSPS) is 23.1. The predicted octanol–water partition coefficient (Wildman–Crippen LogP) is 2.24. The molecule has 0 saturated carbocycles. The molecule has 7 heteroatoms. The van der Waals surface area contributed by atoms with Crippen LogP contribution in [0.3, 0.4) is 0 Å². The molecule has 3 heterocycles. The monoisotopic (exact) mass is 364 g/mol. The van der Waals surface area contributed by atoms with E-state index in [-0.39, 0.29) is 23.8 Å². The number of anilines is 1. The minimum Gasteiger partial charge on any atom is -0.381 e. The highest BCUT2D eigenvalue weighted by Gasteiger charge is 2.36. The molecule has 2 fully saturated rings. The van der Waals surface area contributed by atoms with Gasteiger partial charge in [-0.15, -0.1) is 0 Å². The summed E-state index contributed by atoms with van der Waals surface area (Å²) in [7, 11) is 0. The summed E-state index contributed by atoms with van der Waals surface area (Å²) in [5.74, 6) is 1.42. The number of hydrogen-bond donors (Lipinski definition) is 1. The largest absolute Gasteiger partial charge is 0.381 e. The van der Waals surface area contributed by atoms with Crippen LogP contribution < -0.4 is 10.2 Å². The molecule has 1 aromatic heterocycles. The molecule has 1 unspecified atom stereocenters. The van der Waals surface area contributed by atoms with Gasteiger partial charge in [-0.1, -0.05) is 20.8 Å². The van der Waals surface area contributed by atoms with Gasteiger partial charge in [0.2, 0.25) is 5.91 Å². The maximum absolute atomic E-state index is 15.1. The van der Waals surface area contributed by atoms with E-state index in [4.69, 9.17) is 4.74 Å². The highest BCUT2D eigenvalue weighted by molar-refractivity contribution is 5.79. The SMILES string of the molecule is CC(C)(C)c1nccc(N2CCC(F)(CNC(=O)C3CCOC3)CC2)n1. The van der Waals surface area contributed by atoms with Gasteiger partial charge in [0, 0.05) is 44.1 Å². The molecular weight excluding hydrogens is 335 g/mol. The van der Waals surface area contributed by atoms with E-state index in [0.29, 0.717) is 39.1 Å². The van der Waals surface area contributed by atoms with Crippen LogP contribution in [0.15, 0.2) is 12.3 Å². The topological polar surface area (TPSA) is 67.4 Å². The van der Waals surface area contributed by atoms with Gasteiger partial charge < -0.3 is 15.0 Å². The Balaban J connectivity index is 1.54. The zero-order chi connectivity index (χ0) is 18.8. The Morgan fingerprint density at radius 2 is 2.15 bits per heavy atom. The Kier molecular flexibility index (Phi) is 5.46. The maximum atomic E-state index is 15.1. The molecule has 0 spiro atoms. The number of aromatic nitrogens is 2. The first-order chi connectivity index (χ1) is 12.3. The Hall–Kier alpha value is -1.76. The van der Waals surface area contributed by atoms with Gasteiger partial charge in [0.25, 0.3) is 0 Å². The fourth-order valence-corrected chi connectivity index (χ4v) is 3.33. The average Bonchev–Trinajstić information content (AvgIpc) is 3.15. The van der Waals surface area contributed by atoms with Crippen LogP contribution in [0.2, 0.25) is 0 Å². The third-order valence-electron chi connectivity index (χ3n) is 5.18. The zero-order valence-corrected chi connectivity index (χ0v) is 15.9. The van der Waals surface area contributed by atoms with E-state index in [1.54, 1.807) is 6.20 Å². The summed E-state index contributed by atoms with van der Waals surface area (Å²) in [6.45, 7) is 8.53.